The first-order valence-corrected chi connectivity index (χ1v) is 7.35. The first-order valence-electron chi connectivity index (χ1n) is 7.35. The molecule has 0 aliphatic heterocycles. The molecule has 21 heavy (non-hydrogen) atoms. The van der Waals surface area contributed by atoms with Crippen LogP contribution in [-0.2, 0) is 13.2 Å². The van der Waals surface area contributed by atoms with Crippen LogP contribution >= 0.6 is 0 Å². The van der Waals surface area contributed by atoms with Crippen molar-refractivity contribution < 1.29 is 4.74 Å². The second-order valence-corrected chi connectivity index (χ2v) is 5.52. The summed E-state index contributed by atoms with van der Waals surface area (Å²) < 4.78 is 5.78. The van der Waals surface area contributed by atoms with E-state index in [-0.39, 0.29) is 0 Å². The van der Waals surface area contributed by atoms with Gasteiger partial charge in [0.05, 0.1) is 17.1 Å². The molecule has 0 aromatic carbocycles. The molecule has 1 N–H and O–H groups in total. The molecule has 4 heteroatoms. The molecule has 2 aromatic heterocycles. The van der Waals surface area contributed by atoms with Crippen molar-refractivity contribution in [2.45, 2.75) is 33.9 Å². The van der Waals surface area contributed by atoms with Gasteiger partial charge < -0.3 is 10.1 Å². The van der Waals surface area contributed by atoms with Gasteiger partial charge in [0.1, 0.15) is 12.4 Å². The molecular weight excluding hydrogens is 262 g/mol. The maximum Gasteiger partial charge on any atom is 0.141 e. The molecule has 0 aliphatic rings. The number of aromatic nitrogens is 2. The number of rotatable bonds is 7. The Balaban J connectivity index is 1.90. The second kappa shape index (κ2) is 7.74. The highest BCUT2D eigenvalue weighted by atomic mass is 16.5. The summed E-state index contributed by atoms with van der Waals surface area (Å²) in [6, 6.07) is 9.84. The van der Waals surface area contributed by atoms with E-state index in [0.29, 0.717) is 12.5 Å². The summed E-state index contributed by atoms with van der Waals surface area (Å²) in [7, 11) is 0. The Hall–Kier alpha value is -1.94. The SMILES string of the molecule is Cc1ncccc1OCc1cccc(CNCC(C)C)n1. The lowest BCUT2D eigenvalue weighted by Gasteiger charge is -2.10. The molecule has 2 heterocycles. The van der Waals surface area contributed by atoms with Gasteiger partial charge in [-0.3, -0.25) is 9.97 Å². The van der Waals surface area contributed by atoms with Gasteiger partial charge in [0.15, 0.2) is 0 Å². The van der Waals surface area contributed by atoms with Gasteiger partial charge in [-0.15, -0.1) is 0 Å². The minimum Gasteiger partial charge on any atom is -0.485 e. The molecule has 0 saturated heterocycles. The van der Waals surface area contributed by atoms with Crippen molar-refractivity contribution >= 4 is 0 Å². The average molecular weight is 285 g/mol. The van der Waals surface area contributed by atoms with Crippen molar-refractivity contribution in [3.05, 3.63) is 53.6 Å². The summed E-state index contributed by atoms with van der Waals surface area (Å²) in [5.74, 6) is 1.45. The molecule has 2 rings (SSSR count). The number of aryl methyl sites for hydroxylation is 1. The third-order valence-corrected chi connectivity index (χ3v) is 3.06. The number of nitrogens with one attached hydrogen (secondary N) is 1. The molecule has 0 bridgehead atoms. The lowest BCUT2D eigenvalue weighted by Crippen LogP contribution is -2.19. The highest BCUT2D eigenvalue weighted by Gasteiger charge is 2.02. The number of nitrogens with zero attached hydrogens (tertiary/aromatic N) is 2. The monoisotopic (exact) mass is 285 g/mol. The van der Waals surface area contributed by atoms with Crippen LogP contribution in [0.1, 0.15) is 30.9 Å². The standard InChI is InChI=1S/C17H23N3O/c1-13(2)10-18-11-15-6-4-7-16(20-15)12-21-17-8-5-9-19-14(17)3/h4-9,13,18H,10-12H2,1-3H3. The smallest absolute Gasteiger partial charge is 0.141 e. The van der Waals surface area contributed by atoms with E-state index >= 15 is 0 Å². The lowest BCUT2D eigenvalue weighted by molar-refractivity contribution is 0.297. The Morgan fingerprint density at radius 2 is 1.95 bits per heavy atom. The van der Waals surface area contributed by atoms with Crippen molar-refractivity contribution in [1.29, 1.82) is 0 Å². The fourth-order valence-electron chi connectivity index (χ4n) is 1.97. The van der Waals surface area contributed by atoms with Crippen molar-refractivity contribution in [3.8, 4) is 5.75 Å². The molecule has 112 valence electrons. The molecule has 0 amide bonds. The highest BCUT2D eigenvalue weighted by molar-refractivity contribution is 5.25. The molecule has 0 aliphatic carbocycles. The van der Waals surface area contributed by atoms with E-state index in [2.05, 4.69) is 29.1 Å². The molecular formula is C17H23N3O. The lowest BCUT2D eigenvalue weighted by atomic mass is 10.2. The summed E-state index contributed by atoms with van der Waals surface area (Å²) in [4.78, 5) is 8.82. The fourth-order valence-corrected chi connectivity index (χ4v) is 1.97. The molecule has 0 radical (unpaired) electrons. The Bertz CT molecular complexity index is 569. The summed E-state index contributed by atoms with van der Waals surface area (Å²) >= 11 is 0. The molecule has 0 fully saturated rings. The molecule has 2 aromatic rings. The van der Waals surface area contributed by atoms with Crippen molar-refractivity contribution in [2.24, 2.45) is 5.92 Å². The van der Waals surface area contributed by atoms with Crippen LogP contribution in [-0.4, -0.2) is 16.5 Å². The zero-order valence-corrected chi connectivity index (χ0v) is 13.0. The van der Waals surface area contributed by atoms with Gasteiger partial charge >= 0.3 is 0 Å². The maximum atomic E-state index is 5.78. The van der Waals surface area contributed by atoms with Crippen molar-refractivity contribution in [1.82, 2.24) is 15.3 Å². The predicted octanol–water partition coefficient (Wildman–Crippen LogP) is 3.11. The van der Waals surface area contributed by atoms with Crippen molar-refractivity contribution in [2.75, 3.05) is 6.54 Å². The van der Waals surface area contributed by atoms with Gasteiger partial charge in [0.2, 0.25) is 0 Å². The van der Waals surface area contributed by atoms with E-state index in [4.69, 9.17) is 4.74 Å². The highest BCUT2D eigenvalue weighted by Crippen LogP contribution is 2.15. The van der Waals surface area contributed by atoms with E-state index < -0.39 is 0 Å². The van der Waals surface area contributed by atoms with Crippen LogP contribution in [0.2, 0.25) is 0 Å². The van der Waals surface area contributed by atoms with Gasteiger partial charge in [0.25, 0.3) is 0 Å². The average Bonchev–Trinajstić information content (AvgIpc) is 2.46. The summed E-state index contributed by atoms with van der Waals surface area (Å²) in [6.45, 7) is 8.58. The summed E-state index contributed by atoms with van der Waals surface area (Å²) in [6.07, 6.45) is 1.77. The molecule has 0 unspecified atom stereocenters. The number of hydrogen-bond acceptors (Lipinski definition) is 4. The van der Waals surface area contributed by atoms with E-state index in [1.165, 1.54) is 0 Å². The van der Waals surface area contributed by atoms with Crippen LogP contribution in [0.4, 0.5) is 0 Å². The zero-order chi connectivity index (χ0) is 15.1. The Labute approximate surface area is 126 Å². The van der Waals surface area contributed by atoms with Crippen LogP contribution < -0.4 is 10.1 Å². The van der Waals surface area contributed by atoms with E-state index in [1.807, 2.05) is 37.3 Å². The largest absolute Gasteiger partial charge is 0.485 e. The first kappa shape index (κ1) is 15.4. The quantitative estimate of drug-likeness (QED) is 0.849. The van der Waals surface area contributed by atoms with E-state index in [1.54, 1.807) is 6.20 Å². The van der Waals surface area contributed by atoms with Gasteiger partial charge in [-0.2, -0.15) is 0 Å². The number of ether oxygens (including phenoxy) is 1. The fraction of sp³-hybridized carbons (Fsp3) is 0.412. The van der Waals surface area contributed by atoms with Crippen LogP contribution in [0.15, 0.2) is 36.5 Å². The number of hydrogen-bond donors (Lipinski definition) is 1. The van der Waals surface area contributed by atoms with E-state index in [9.17, 15) is 0 Å². The van der Waals surface area contributed by atoms with E-state index in [0.717, 1.165) is 35.9 Å². The Morgan fingerprint density at radius 3 is 2.71 bits per heavy atom. The van der Waals surface area contributed by atoms with Gasteiger partial charge in [-0.05, 0) is 43.7 Å². The molecule has 0 spiro atoms. The Kier molecular flexibility index (Phi) is 5.69. The van der Waals surface area contributed by atoms with Gasteiger partial charge in [-0.1, -0.05) is 19.9 Å². The summed E-state index contributed by atoms with van der Waals surface area (Å²) in [5, 5.41) is 3.40. The maximum absolute atomic E-state index is 5.78. The zero-order valence-electron chi connectivity index (χ0n) is 13.0. The Morgan fingerprint density at radius 1 is 1.14 bits per heavy atom. The van der Waals surface area contributed by atoms with Crippen LogP contribution in [0.3, 0.4) is 0 Å². The summed E-state index contributed by atoms with van der Waals surface area (Å²) in [5.41, 5.74) is 2.87. The van der Waals surface area contributed by atoms with Gasteiger partial charge in [-0.25, -0.2) is 0 Å². The van der Waals surface area contributed by atoms with Gasteiger partial charge in [0, 0.05) is 12.7 Å². The molecule has 0 saturated carbocycles. The minimum absolute atomic E-state index is 0.463. The van der Waals surface area contributed by atoms with Crippen LogP contribution in [0, 0.1) is 12.8 Å². The van der Waals surface area contributed by atoms with Crippen LogP contribution in [0.25, 0.3) is 0 Å². The normalized spacial score (nSPS) is 10.9. The topological polar surface area (TPSA) is 47.0 Å². The molecule has 0 atom stereocenters. The third kappa shape index (κ3) is 5.16. The first-order chi connectivity index (χ1) is 10.1. The third-order valence-electron chi connectivity index (χ3n) is 3.06. The predicted molar refractivity (Wildman–Crippen MR) is 84.1 cm³/mol. The number of pyridine rings is 2. The minimum atomic E-state index is 0.463. The second-order valence-electron chi connectivity index (χ2n) is 5.52. The van der Waals surface area contributed by atoms with Crippen LogP contribution in [0.5, 0.6) is 5.75 Å². The molecule has 4 nitrogen and oxygen atoms in total. The van der Waals surface area contributed by atoms with Crippen molar-refractivity contribution in [3.63, 3.8) is 0 Å².